The van der Waals surface area contributed by atoms with Crippen molar-refractivity contribution in [1.29, 1.82) is 0 Å². The van der Waals surface area contributed by atoms with Crippen molar-refractivity contribution in [2.75, 3.05) is 14.2 Å². The molecular weight excluding hydrogens is 308 g/mol. The van der Waals surface area contributed by atoms with Gasteiger partial charge in [-0.2, -0.15) is 0 Å². The minimum Gasteiger partial charge on any atom is -0.496 e. The van der Waals surface area contributed by atoms with Crippen molar-refractivity contribution in [2.24, 2.45) is 0 Å². The number of ether oxygens (including phenoxy) is 2. The number of carboxylic acid groups (broad SMARTS) is 1. The van der Waals surface area contributed by atoms with Crippen LogP contribution in [0.1, 0.15) is 12.0 Å². The molecule has 0 amide bonds. The van der Waals surface area contributed by atoms with Gasteiger partial charge in [0.1, 0.15) is 5.75 Å². The molecule has 0 aliphatic carbocycles. The van der Waals surface area contributed by atoms with Crippen LogP contribution in [0.5, 0.6) is 5.75 Å². The lowest BCUT2D eigenvalue weighted by molar-refractivity contribution is -0.141. The van der Waals surface area contributed by atoms with E-state index in [1.807, 2.05) is 36.4 Å². The Kier molecular flexibility index (Phi) is 5.73. The third kappa shape index (κ3) is 4.23. The molecular formula is C19H18O5. The smallest absolute Gasteiger partial charge is 0.334 e. The standard InChI is InChI=1S/C19H18O5/c1-23-17-9-8-13(10-15(12-18(20)21)19(22)24-2)11-16(17)14-6-4-3-5-7-14/h3-11H,12H2,1-2H3,(H,20,21). The van der Waals surface area contributed by atoms with Gasteiger partial charge in [0.2, 0.25) is 0 Å². The number of carboxylic acids is 1. The number of carbonyl (C=O) groups excluding carboxylic acids is 1. The maximum Gasteiger partial charge on any atom is 0.334 e. The lowest BCUT2D eigenvalue weighted by atomic mass is 10.00. The molecule has 2 aromatic rings. The van der Waals surface area contributed by atoms with Crippen LogP contribution in [-0.4, -0.2) is 31.3 Å². The molecule has 2 rings (SSSR count). The van der Waals surface area contributed by atoms with E-state index < -0.39 is 18.4 Å². The fraction of sp³-hybridized carbons (Fsp3) is 0.158. The predicted molar refractivity (Wildman–Crippen MR) is 90.7 cm³/mol. The highest BCUT2D eigenvalue weighted by Crippen LogP contribution is 2.31. The zero-order valence-corrected chi connectivity index (χ0v) is 13.5. The molecule has 0 saturated heterocycles. The van der Waals surface area contributed by atoms with Crippen molar-refractivity contribution in [3.63, 3.8) is 0 Å². The maximum absolute atomic E-state index is 11.8. The molecule has 124 valence electrons. The molecule has 0 atom stereocenters. The van der Waals surface area contributed by atoms with Crippen LogP contribution in [0.25, 0.3) is 17.2 Å². The number of esters is 1. The minimum atomic E-state index is -1.09. The van der Waals surface area contributed by atoms with Crippen molar-refractivity contribution in [2.45, 2.75) is 6.42 Å². The van der Waals surface area contributed by atoms with Gasteiger partial charge in [0.05, 0.1) is 20.6 Å². The van der Waals surface area contributed by atoms with E-state index >= 15 is 0 Å². The minimum absolute atomic E-state index is 0.0779. The number of aliphatic carboxylic acids is 1. The molecule has 5 nitrogen and oxygen atoms in total. The first-order valence-corrected chi connectivity index (χ1v) is 7.29. The molecule has 0 saturated carbocycles. The Morgan fingerprint density at radius 3 is 2.38 bits per heavy atom. The van der Waals surface area contributed by atoms with E-state index in [1.165, 1.54) is 13.2 Å². The molecule has 0 fully saturated rings. The highest BCUT2D eigenvalue weighted by molar-refractivity contribution is 5.98. The van der Waals surface area contributed by atoms with Crippen LogP contribution in [0.2, 0.25) is 0 Å². The molecule has 1 N–H and O–H groups in total. The Hall–Kier alpha value is -3.08. The maximum atomic E-state index is 11.8. The fourth-order valence-electron chi connectivity index (χ4n) is 2.34. The topological polar surface area (TPSA) is 72.8 Å². The molecule has 5 heteroatoms. The number of hydrogen-bond donors (Lipinski definition) is 1. The average molecular weight is 326 g/mol. The lowest BCUT2D eigenvalue weighted by Crippen LogP contribution is -2.09. The molecule has 0 aliphatic rings. The van der Waals surface area contributed by atoms with Crippen molar-refractivity contribution < 1.29 is 24.2 Å². The molecule has 0 radical (unpaired) electrons. The van der Waals surface area contributed by atoms with Gasteiger partial charge in [-0.1, -0.05) is 36.4 Å². The van der Waals surface area contributed by atoms with Crippen molar-refractivity contribution in [1.82, 2.24) is 0 Å². The molecule has 2 aromatic carbocycles. The lowest BCUT2D eigenvalue weighted by Gasteiger charge is -2.10. The molecule has 0 bridgehead atoms. The van der Waals surface area contributed by atoms with E-state index in [-0.39, 0.29) is 5.57 Å². The number of hydrogen-bond acceptors (Lipinski definition) is 4. The molecule has 0 aliphatic heterocycles. The summed E-state index contributed by atoms with van der Waals surface area (Å²) in [5, 5.41) is 8.95. The van der Waals surface area contributed by atoms with E-state index in [4.69, 9.17) is 9.84 Å². The summed E-state index contributed by atoms with van der Waals surface area (Å²) in [6.45, 7) is 0. The van der Waals surface area contributed by atoms with Gasteiger partial charge in [0.25, 0.3) is 0 Å². The predicted octanol–water partition coefficient (Wildman–Crippen LogP) is 3.39. The SMILES string of the molecule is COC(=O)C(=Cc1ccc(OC)c(-c2ccccc2)c1)CC(=O)O. The van der Waals surface area contributed by atoms with E-state index in [0.29, 0.717) is 11.3 Å². The first kappa shape index (κ1) is 17.3. The largest absolute Gasteiger partial charge is 0.496 e. The molecule has 0 spiro atoms. The highest BCUT2D eigenvalue weighted by Gasteiger charge is 2.14. The van der Waals surface area contributed by atoms with Crippen molar-refractivity contribution in [3.8, 4) is 16.9 Å². The fourth-order valence-corrected chi connectivity index (χ4v) is 2.34. The van der Waals surface area contributed by atoms with Crippen LogP contribution in [0.4, 0.5) is 0 Å². The van der Waals surface area contributed by atoms with Crippen molar-refractivity contribution >= 4 is 18.0 Å². The van der Waals surface area contributed by atoms with Gasteiger partial charge in [-0.25, -0.2) is 4.79 Å². The summed E-state index contributed by atoms with van der Waals surface area (Å²) in [7, 11) is 2.81. The number of rotatable bonds is 6. The van der Waals surface area contributed by atoms with Crippen LogP contribution >= 0.6 is 0 Å². The Balaban J connectivity index is 2.49. The summed E-state index contributed by atoms with van der Waals surface area (Å²) in [4.78, 5) is 22.7. The number of carbonyl (C=O) groups is 2. The second kappa shape index (κ2) is 7.97. The summed E-state index contributed by atoms with van der Waals surface area (Å²) in [5.74, 6) is -1.06. The second-order valence-corrected chi connectivity index (χ2v) is 5.06. The van der Waals surface area contributed by atoms with Crippen LogP contribution < -0.4 is 4.74 Å². The summed E-state index contributed by atoms with van der Waals surface area (Å²) < 4.78 is 10.0. The average Bonchev–Trinajstić information content (AvgIpc) is 2.60. The van der Waals surface area contributed by atoms with Gasteiger partial charge in [-0.05, 0) is 29.3 Å². The van der Waals surface area contributed by atoms with Gasteiger partial charge in [-0.3, -0.25) is 4.79 Å². The van der Waals surface area contributed by atoms with Gasteiger partial charge in [-0.15, -0.1) is 0 Å². The monoisotopic (exact) mass is 326 g/mol. The third-order valence-electron chi connectivity index (χ3n) is 3.44. The van der Waals surface area contributed by atoms with E-state index in [9.17, 15) is 9.59 Å². The van der Waals surface area contributed by atoms with E-state index in [1.54, 1.807) is 19.2 Å². The molecule has 0 unspecified atom stereocenters. The number of methoxy groups -OCH3 is 2. The van der Waals surface area contributed by atoms with Crippen LogP contribution in [-0.2, 0) is 14.3 Å². The summed E-state index contributed by atoms with van der Waals surface area (Å²) in [6, 6.07) is 15.0. The van der Waals surface area contributed by atoms with E-state index in [0.717, 1.165) is 11.1 Å². The first-order chi connectivity index (χ1) is 11.5. The Labute approximate surface area is 140 Å². The van der Waals surface area contributed by atoms with Crippen LogP contribution in [0.15, 0.2) is 54.1 Å². The zero-order chi connectivity index (χ0) is 17.5. The quantitative estimate of drug-likeness (QED) is 0.650. The Morgan fingerprint density at radius 1 is 1.08 bits per heavy atom. The Bertz CT molecular complexity index is 763. The number of benzene rings is 2. The van der Waals surface area contributed by atoms with Gasteiger partial charge in [0.15, 0.2) is 0 Å². The van der Waals surface area contributed by atoms with Gasteiger partial charge < -0.3 is 14.6 Å². The van der Waals surface area contributed by atoms with Crippen molar-refractivity contribution in [3.05, 3.63) is 59.7 Å². The van der Waals surface area contributed by atoms with Gasteiger partial charge in [0, 0.05) is 11.1 Å². The second-order valence-electron chi connectivity index (χ2n) is 5.06. The third-order valence-corrected chi connectivity index (χ3v) is 3.44. The first-order valence-electron chi connectivity index (χ1n) is 7.29. The van der Waals surface area contributed by atoms with Crippen LogP contribution in [0, 0.1) is 0 Å². The zero-order valence-electron chi connectivity index (χ0n) is 13.5. The summed E-state index contributed by atoms with van der Waals surface area (Å²) in [5.41, 5.74) is 2.58. The normalized spacial score (nSPS) is 11.0. The molecule has 0 aromatic heterocycles. The highest BCUT2D eigenvalue weighted by atomic mass is 16.5. The van der Waals surface area contributed by atoms with Crippen LogP contribution in [0.3, 0.4) is 0 Å². The molecule has 24 heavy (non-hydrogen) atoms. The Morgan fingerprint density at radius 2 is 1.79 bits per heavy atom. The summed E-state index contributed by atoms with van der Waals surface area (Å²) in [6.07, 6.45) is 1.12. The van der Waals surface area contributed by atoms with E-state index in [2.05, 4.69) is 4.74 Å². The summed E-state index contributed by atoms with van der Waals surface area (Å²) >= 11 is 0. The molecule has 0 heterocycles. The van der Waals surface area contributed by atoms with Gasteiger partial charge >= 0.3 is 11.9 Å².